The average molecular weight is 330 g/mol. The third-order valence-corrected chi connectivity index (χ3v) is 5.64. The lowest BCUT2D eigenvalue weighted by molar-refractivity contribution is -0.0930. The van der Waals surface area contributed by atoms with Crippen LogP contribution in [0, 0.1) is 5.92 Å². The second kappa shape index (κ2) is 6.29. The Balaban J connectivity index is 1.52. The summed E-state index contributed by atoms with van der Waals surface area (Å²) in [6.07, 6.45) is 2.51. The van der Waals surface area contributed by atoms with Crippen LogP contribution in [0.4, 0.5) is 0 Å². The maximum Gasteiger partial charge on any atom is 0.0889 e. The zero-order valence-electron chi connectivity index (χ0n) is 14.2. The lowest BCUT2D eigenvalue weighted by Gasteiger charge is -2.36. The minimum Gasteiger partial charge on any atom is -0.373 e. The Hall–Kier alpha value is -2.16. The Morgan fingerprint density at radius 1 is 0.760 bits per heavy atom. The van der Waals surface area contributed by atoms with E-state index in [-0.39, 0.29) is 12.2 Å². The molecule has 0 saturated carbocycles. The fourth-order valence-electron chi connectivity index (χ4n) is 4.41. The highest BCUT2D eigenvalue weighted by molar-refractivity contribution is 5.83. The van der Waals surface area contributed by atoms with E-state index in [9.17, 15) is 0 Å². The summed E-state index contributed by atoms with van der Waals surface area (Å²) in [4.78, 5) is 0. The van der Waals surface area contributed by atoms with E-state index in [1.165, 1.54) is 27.5 Å². The monoisotopic (exact) mass is 330 g/mol. The molecule has 0 bridgehead atoms. The van der Waals surface area contributed by atoms with Crippen molar-refractivity contribution < 1.29 is 9.47 Å². The lowest BCUT2D eigenvalue weighted by atomic mass is 9.82. The van der Waals surface area contributed by atoms with Crippen LogP contribution in [0.25, 0.3) is 10.8 Å². The molecular weight excluding hydrogens is 308 g/mol. The number of benzene rings is 3. The largest absolute Gasteiger partial charge is 0.373 e. The van der Waals surface area contributed by atoms with Crippen LogP contribution < -0.4 is 0 Å². The summed E-state index contributed by atoms with van der Waals surface area (Å²) in [6.45, 7) is 1.56. The zero-order valence-corrected chi connectivity index (χ0v) is 14.2. The molecule has 2 aliphatic heterocycles. The van der Waals surface area contributed by atoms with Gasteiger partial charge in [-0.3, -0.25) is 0 Å². The second-order valence-electron chi connectivity index (χ2n) is 7.13. The molecule has 3 aromatic carbocycles. The van der Waals surface area contributed by atoms with Crippen LogP contribution in [0.5, 0.6) is 0 Å². The van der Waals surface area contributed by atoms with Gasteiger partial charge in [-0.2, -0.15) is 0 Å². The molecule has 3 aromatic rings. The van der Waals surface area contributed by atoms with Crippen LogP contribution in [0.15, 0.2) is 66.7 Å². The summed E-state index contributed by atoms with van der Waals surface area (Å²) in [5.41, 5.74) is 3.95. The number of fused-ring (bicyclic) bond motifs is 2. The van der Waals surface area contributed by atoms with Crippen molar-refractivity contribution >= 4 is 10.8 Å². The molecule has 2 aliphatic rings. The van der Waals surface area contributed by atoms with E-state index in [4.69, 9.17) is 9.47 Å². The van der Waals surface area contributed by atoms with Gasteiger partial charge >= 0.3 is 0 Å². The van der Waals surface area contributed by atoms with Crippen molar-refractivity contribution in [2.24, 2.45) is 5.92 Å². The molecule has 2 nitrogen and oxygen atoms in total. The number of rotatable bonds is 2. The maximum atomic E-state index is 6.27. The van der Waals surface area contributed by atoms with E-state index in [1.54, 1.807) is 0 Å². The predicted octanol–water partition coefficient (Wildman–Crippen LogP) is 5.58. The molecule has 0 N–H and O–H groups in total. The standard InChI is InChI=1S/C23H22O2/c1-2-7-17-14-18(12-11-16(17)6-1)22-21(10-5-13-24-22)23-20-9-4-3-8-19(20)15-25-23/h1-4,6-9,11-12,14,21-23H,5,10,13,15H2/t21-,22+,23-/m1/s1. The van der Waals surface area contributed by atoms with Crippen molar-refractivity contribution in [1.82, 2.24) is 0 Å². The molecular formula is C23H22O2. The van der Waals surface area contributed by atoms with E-state index < -0.39 is 0 Å². The van der Waals surface area contributed by atoms with Gasteiger partial charge in [0.25, 0.3) is 0 Å². The smallest absolute Gasteiger partial charge is 0.0889 e. The third kappa shape index (κ3) is 2.66. The highest BCUT2D eigenvalue weighted by atomic mass is 16.5. The normalized spacial score (nSPS) is 25.8. The van der Waals surface area contributed by atoms with Crippen LogP contribution in [-0.4, -0.2) is 6.61 Å². The van der Waals surface area contributed by atoms with Gasteiger partial charge in [-0.1, -0.05) is 60.7 Å². The SMILES string of the molecule is c1ccc2c(c1)CO[C@H]2[C@@H]1CCCO[C@H]1c1ccc2ccccc2c1. The van der Waals surface area contributed by atoms with E-state index in [0.717, 1.165) is 26.1 Å². The van der Waals surface area contributed by atoms with E-state index in [2.05, 4.69) is 66.7 Å². The first kappa shape index (κ1) is 15.1. The molecule has 0 aromatic heterocycles. The summed E-state index contributed by atoms with van der Waals surface area (Å²) in [5, 5.41) is 2.56. The van der Waals surface area contributed by atoms with Gasteiger partial charge in [0.2, 0.25) is 0 Å². The van der Waals surface area contributed by atoms with Crippen molar-refractivity contribution in [3.8, 4) is 0 Å². The molecule has 126 valence electrons. The van der Waals surface area contributed by atoms with Crippen molar-refractivity contribution in [3.63, 3.8) is 0 Å². The second-order valence-corrected chi connectivity index (χ2v) is 7.13. The molecule has 1 saturated heterocycles. The highest BCUT2D eigenvalue weighted by Gasteiger charge is 2.38. The van der Waals surface area contributed by atoms with Crippen molar-refractivity contribution in [2.75, 3.05) is 6.61 Å². The quantitative estimate of drug-likeness (QED) is 0.611. The van der Waals surface area contributed by atoms with Gasteiger partial charge in [-0.15, -0.1) is 0 Å². The molecule has 25 heavy (non-hydrogen) atoms. The Morgan fingerprint density at radius 2 is 1.60 bits per heavy atom. The Bertz CT molecular complexity index is 901. The first-order chi connectivity index (χ1) is 12.4. The topological polar surface area (TPSA) is 18.5 Å². The summed E-state index contributed by atoms with van der Waals surface area (Å²) >= 11 is 0. The molecule has 1 fully saturated rings. The van der Waals surface area contributed by atoms with E-state index in [1.807, 2.05) is 0 Å². The van der Waals surface area contributed by atoms with Crippen molar-refractivity contribution in [2.45, 2.75) is 31.7 Å². The van der Waals surface area contributed by atoms with Gasteiger partial charge in [0.05, 0.1) is 18.8 Å². The van der Waals surface area contributed by atoms with Gasteiger partial charge in [0.15, 0.2) is 0 Å². The fourth-order valence-corrected chi connectivity index (χ4v) is 4.41. The molecule has 3 atom stereocenters. The molecule has 0 radical (unpaired) electrons. The first-order valence-electron chi connectivity index (χ1n) is 9.20. The molecule has 0 unspecified atom stereocenters. The molecule has 2 heterocycles. The van der Waals surface area contributed by atoms with Crippen LogP contribution in [0.2, 0.25) is 0 Å². The van der Waals surface area contributed by atoms with E-state index >= 15 is 0 Å². The van der Waals surface area contributed by atoms with Crippen LogP contribution >= 0.6 is 0 Å². The van der Waals surface area contributed by atoms with Crippen LogP contribution in [-0.2, 0) is 16.1 Å². The van der Waals surface area contributed by atoms with Gasteiger partial charge in [-0.25, -0.2) is 0 Å². The number of hydrogen-bond acceptors (Lipinski definition) is 2. The Labute approximate surface area is 148 Å². The summed E-state index contributed by atoms with van der Waals surface area (Å²) in [5.74, 6) is 0.374. The van der Waals surface area contributed by atoms with Crippen LogP contribution in [0.3, 0.4) is 0 Å². The molecule has 5 rings (SSSR count). The van der Waals surface area contributed by atoms with Gasteiger partial charge in [0.1, 0.15) is 0 Å². The summed E-state index contributed by atoms with van der Waals surface area (Å²) in [6, 6.07) is 23.9. The lowest BCUT2D eigenvalue weighted by Crippen LogP contribution is -2.27. The summed E-state index contributed by atoms with van der Waals surface area (Å²) in [7, 11) is 0. The predicted molar refractivity (Wildman–Crippen MR) is 99.3 cm³/mol. The minimum atomic E-state index is 0.106. The van der Waals surface area contributed by atoms with Crippen molar-refractivity contribution in [1.29, 1.82) is 0 Å². The minimum absolute atomic E-state index is 0.106. The average Bonchev–Trinajstić information content (AvgIpc) is 3.12. The van der Waals surface area contributed by atoms with Crippen LogP contribution in [0.1, 0.15) is 41.7 Å². The van der Waals surface area contributed by atoms with Gasteiger partial charge in [-0.05, 0) is 46.4 Å². The Kier molecular flexibility index (Phi) is 3.80. The Morgan fingerprint density at radius 3 is 2.56 bits per heavy atom. The first-order valence-corrected chi connectivity index (χ1v) is 9.20. The molecule has 0 spiro atoms. The highest BCUT2D eigenvalue weighted by Crippen LogP contribution is 2.47. The van der Waals surface area contributed by atoms with Gasteiger partial charge < -0.3 is 9.47 Å². The molecule has 0 aliphatic carbocycles. The summed E-state index contributed by atoms with van der Waals surface area (Å²) < 4.78 is 12.5. The molecule has 2 heteroatoms. The number of hydrogen-bond donors (Lipinski definition) is 0. The maximum absolute atomic E-state index is 6.27. The zero-order chi connectivity index (χ0) is 16.6. The van der Waals surface area contributed by atoms with Gasteiger partial charge in [0, 0.05) is 12.5 Å². The van der Waals surface area contributed by atoms with E-state index in [0.29, 0.717) is 5.92 Å². The third-order valence-electron chi connectivity index (χ3n) is 5.64. The fraction of sp³-hybridized carbons (Fsp3) is 0.304. The molecule has 0 amide bonds. The van der Waals surface area contributed by atoms with Crippen molar-refractivity contribution in [3.05, 3.63) is 83.4 Å². The number of ether oxygens (including phenoxy) is 2.